The Morgan fingerprint density at radius 3 is 2.50 bits per heavy atom. The van der Waals surface area contributed by atoms with Gasteiger partial charge in [-0.05, 0) is 24.6 Å². The quantitative estimate of drug-likeness (QED) is 0.915. The number of rotatable bonds is 4. The second-order valence-corrected chi connectivity index (χ2v) is 5.85. The van der Waals surface area contributed by atoms with Crippen molar-refractivity contribution in [1.82, 2.24) is 10.3 Å². The van der Waals surface area contributed by atoms with Gasteiger partial charge in [-0.1, -0.05) is 45.0 Å². The second kappa shape index (κ2) is 6.06. The lowest BCUT2D eigenvalue weighted by atomic mass is 9.86. The van der Waals surface area contributed by atoms with Crippen LogP contribution in [-0.2, 0) is 12.0 Å². The van der Waals surface area contributed by atoms with Crippen LogP contribution in [0.15, 0.2) is 42.5 Å². The van der Waals surface area contributed by atoms with Crippen LogP contribution in [0.3, 0.4) is 0 Å². The van der Waals surface area contributed by atoms with Gasteiger partial charge in [0.25, 0.3) is 0 Å². The van der Waals surface area contributed by atoms with Crippen molar-refractivity contribution in [1.29, 1.82) is 0 Å². The largest absolute Gasteiger partial charge is 0.439 e. The Bertz CT molecular complexity index is 573. The minimum atomic E-state index is 0.0409. The van der Waals surface area contributed by atoms with E-state index in [2.05, 4.69) is 37.1 Å². The Morgan fingerprint density at radius 1 is 1.05 bits per heavy atom. The number of pyridine rings is 1. The van der Waals surface area contributed by atoms with Crippen molar-refractivity contribution in [3.8, 4) is 11.6 Å². The molecule has 106 valence electrons. The summed E-state index contributed by atoms with van der Waals surface area (Å²) < 4.78 is 5.98. The molecule has 0 aliphatic heterocycles. The summed E-state index contributed by atoms with van der Waals surface area (Å²) in [5, 5.41) is 3.09. The van der Waals surface area contributed by atoms with Gasteiger partial charge in [-0.25, -0.2) is 4.98 Å². The van der Waals surface area contributed by atoms with Crippen molar-refractivity contribution in [3.05, 3.63) is 53.7 Å². The molecule has 1 N–H and O–H groups in total. The molecule has 3 nitrogen and oxygen atoms in total. The predicted molar refractivity (Wildman–Crippen MR) is 82.2 cm³/mol. The normalized spacial score (nSPS) is 11.4. The summed E-state index contributed by atoms with van der Waals surface area (Å²) in [7, 11) is 1.91. The van der Waals surface area contributed by atoms with Crippen molar-refractivity contribution in [2.45, 2.75) is 32.7 Å². The Labute approximate surface area is 121 Å². The number of ether oxygens (including phenoxy) is 1. The molecular weight excluding hydrogens is 248 g/mol. The SMILES string of the molecule is CNCc1cccc(Oc2ccccc2C(C)(C)C)n1. The van der Waals surface area contributed by atoms with Crippen LogP contribution in [0.25, 0.3) is 0 Å². The lowest BCUT2D eigenvalue weighted by Crippen LogP contribution is -2.12. The highest BCUT2D eigenvalue weighted by Gasteiger charge is 2.18. The van der Waals surface area contributed by atoms with Crippen molar-refractivity contribution < 1.29 is 4.74 Å². The van der Waals surface area contributed by atoms with Crippen molar-refractivity contribution >= 4 is 0 Å². The van der Waals surface area contributed by atoms with Gasteiger partial charge in [-0.15, -0.1) is 0 Å². The summed E-state index contributed by atoms with van der Waals surface area (Å²) in [6.07, 6.45) is 0. The zero-order valence-corrected chi connectivity index (χ0v) is 12.6. The fourth-order valence-electron chi connectivity index (χ4n) is 2.08. The van der Waals surface area contributed by atoms with Gasteiger partial charge in [0.2, 0.25) is 5.88 Å². The summed E-state index contributed by atoms with van der Waals surface area (Å²) in [4.78, 5) is 4.50. The monoisotopic (exact) mass is 270 g/mol. The Kier molecular flexibility index (Phi) is 4.40. The minimum Gasteiger partial charge on any atom is -0.439 e. The van der Waals surface area contributed by atoms with E-state index in [4.69, 9.17) is 4.74 Å². The predicted octanol–water partition coefficient (Wildman–Crippen LogP) is 3.89. The fraction of sp³-hybridized carbons (Fsp3) is 0.353. The zero-order valence-electron chi connectivity index (χ0n) is 12.6. The first-order valence-corrected chi connectivity index (χ1v) is 6.88. The van der Waals surface area contributed by atoms with E-state index in [-0.39, 0.29) is 5.41 Å². The van der Waals surface area contributed by atoms with E-state index in [1.165, 1.54) is 5.56 Å². The first kappa shape index (κ1) is 14.5. The number of hydrogen-bond acceptors (Lipinski definition) is 3. The van der Waals surface area contributed by atoms with Gasteiger partial charge in [0.1, 0.15) is 5.75 Å². The summed E-state index contributed by atoms with van der Waals surface area (Å²) in [5.41, 5.74) is 2.19. The number of benzene rings is 1. The third-order valence-electron chi connectivity index (χ3n) is 3.05. The Hall–Kier alpha value is -1.87. The highest BCUT2D eigenvalue weighted by atomic mass is 16.5. The molecule has 1 aromatic carbocycles. The van der Waals surface area contributed by atoms with E-state index in [1.807, 2.05) is 43.4 Å². The van der Waals surface area contributed by atoms with E-state index < -0.39 is 0 Å². The molecule has 0 saturated carbocycles. The van der Waals surface area contributed by atoms with Gasteiger partial charge in [0.05, 0.1) is 5.69 Å². The molecule has 0 amide bonds. The van der Waals surface area contributed by atoms with Crippen LogP contribution in [0.4, 0.5) is 0 Å². The van der Waals surface area contributed by atoms with Gasteiger partial charge in [-0.3, -0.25) is 0 Å². The maximum Gasteiger partial charge on any atom is 0.219 e. The topological polar surface area (TPSA) is 34.1 Å². The molecule has 0 aliphatic carbocycles. The zero-order chi connectivity index (χ0) is 14.6. The molecule has 0 aliphatic rings. The molecule has 2 aromatic rings. The van der Waals surface area contributed by atoms with Crippen LogP contribution in [0.2, 0.25) is 0 Å². The molecule has 0 unspecified atom stereocenters. The van der Waals surface area contributed by atoms with Gasteiger partial charge in [0.15, 0.2) is 0 Å². The van der Waals surface area contributed by atoms with Crippen LogP contribution >= 0.6 is 0 Å². The Balaban J connectivity index is 2.28. The molecular formula is C17H22N2O. The molecule has 0 saturated heterocycles. The second-order valence-electron chi connectivity index (χ2n) is 5.85. The summed E-state index contributed by atoms with van der Waals surface area (Å²) >= 11 is 0. The van der Waals surface area contributed by atoms with Gasteiger partial charge in [-0.2, -0.15) is 0 Å². The van der Waals surface area contributed by atoms with E-state index >= 15 is 0 Å². The standard InChI is InChI=1S/C17H22N2O/c1-17(2,3)14-9-5-6-10-15(14)20-16-11-7-8-13(19-16)12-18-4/h5-11,18H,12H2,1-4H3. The van der Waals surface area contributed by atoms with Crippen molar-refractivity contribution in [2.75, 3.05) is 7.05 Å². The fourth-order valence-corrected chi connectivity index (χ4v) is 2.08. The van der Waals surface area contributed by atoms with Crippen LogP contribution in [0.5, 0.6) is 11.6 Å². The molecule has 2 rings (SSSR count). The van der Waals surface area contributed by atoms with Gasteiger partial charge >= 0.3 is 0 Å². The molecule has 0 spiro atoms. The average molecular weight is 270 g/mol. The van der Waals surface area contributed by atoms with Crippen LogP contribution in [0, 0.1) is 0 Å². The molecule has 0 bridgehead atoms. The van der Waals surface area contributed by atoms with E-state index in [0.29, 0.717) is 5.88 Å². The van der Waals surface area contributed by atoms with Crippen molar-refractivity contribution in [3.63, 3.8) is 0 Å². The smallest absolute Gasteiger partial charge is 0.219 e. The molecule has 3 heteroatoms. The van der Waals surface area contributed by atoms with Gasteiger partial charge in [0, 0.05) is 18.2 Å². The van der Waals surface area contributed by atoms with Crippen LogP contribution in [-0.4, -0.2) is 12.0 Å². The lowest BCUT2D eigenvalue weighted by molar-refractivity contribution is 0.438. The molecule has 0 atom stereocenters. The number of aromatic nitrogens is 1. The molecule has 0 fully saturated rings. The first-order valence-electron chi connectivity index (χ1n) is 6.88. The number of hydrogen-bond donors (Lipinski definition) is 1. The number of para-hydroxylation sites is 1. The first-order chi connectivity index (χ1) is 9.50. The van der Waals surface area contributed by atoms with E-state index in [9.17, 15) is 0 Å². The Morgan fingerprint density at radius 2 is 1.80 bits per heavy atom. The average Bonchev–Trinajstić information content (AvgIpc) is 2.39. The molecule has 1 heterocycles. The number of nitrogens with zero attached hydrogens (tertiary/aromatic N) is 1. The highest BCUT2D eigenvalue weighted by Crippen LogP contribution is 2.33. The van der Waals surface area contributed by atoms with Crippen molar-refractivity contribution in [2.24, 2.45) is 0 Å². The third-order valence-corrected chi connectivity index (χ3v) is 3.05. The summed E-state index contributed by atoms with van der Waals surface area (Å²) in [6.45, 7) is 7.28. The summed E-state index contributed by atoms with van der Waals surface area (Å²) in [6, 6.07) is 14.0. The summed E-state index contributed by atoms with van der Waals surface area (Å²) in [5.74, 6) is 1.50. The minimum absolute atomic E-state index is 0.0409. The molecule has 20 heavy (non-hydrogen) atoms. The maximum absolute atomic E-state index is 5.98. The van der Waals surface area contributed by atoms with Crippen LogP contribution in [0.1, 0.15) is 32.0 Å². The lowest BCUT2D eigenvalue weighted by Gasteiger charge is -2.22. The maximum atomic E-state index is 5.98. The third kappa shape index (κ3) is 3.58. The van der Waals surface area contributed by atoms with Gasteiger partial charge < -0.3 is 10.1 Å². The number of nitrogens with one attached hydrogen (secondary N) is 1. The molecule has 0 radical (unpaired) electrons. The highest BCUT2D eigenvalue weighted by molar-refractivity contribution is 5.40. The van der Waals surface area contributed by atoms with Crippen LogP contribution < -0.4 is 10.1 Å². The van der Waals surface area contributed by atoms with E-state index in [1.54, 1.807) is 0 Å². The van der Waals surface area contributed by atoms with E-state index in [0.717, 1.165) is 18.0 Å². The molecule has 1 aromatic heterocycles.